The zero-order valence-electron chi connectivity index (χ0n) is 10.1. The van der Waals surface area contributed by atoms with Crippen LogP contribution in [0.2, 0.25) is 0 Å². The monoisotopic (exact) mass is 254 g/mol. The maximum atomic E-state index is 8.53. The molecule has 2 atom stereocenters. The minimum absolute atomic E-state index is 0.173. The molecule has 6 heteroatoms. The Hall–Kier alpha value is -0.770. The molecular formula is C11H18N4OS. The van der Waals surface area contributed by atoms with E-state index in [1.165, 1.54) is 31.1 Å². The van der Waals surface area contributed by atoms with Crippen molar-refractivity contribution in [2.75, 3.05) is 32.5 Å². The lowest BCUT2D eigenvalue weighted by Crippen LogP contribution is -2.47. The topological polar surface area (TPSA) is 60.6 Å². The van der Waals surface area contributed by atoms with Gasteiger partial charge in [-0.3, -0.25) is 15.2 Å². The Morgan fingerprint density at radius 2 is 2.59 bits per heavy atom. The van der Waals surface area contributed by atoms with Crippen LogP contribution in [-0.4, -0.2) is 54.7 Å². The van der Waals surface area contributed by atoms with Crippen LogP contribution in [0.3, 0.4) is 0 Å². The summed E-state index contributed by atoms with van der Waals surface area (Å²) < 4.78 is 5.80. The number of ether oxygens (including phenoxy) is 1. The van der Waals surface area contributed by atoms with Crippen molar-refractivity contribution in [2.45, 2.75) is 25.0 Å². The zero-order chi connectivity index (χ0) is 12.1. The Morgan fingerprint density at radius 1 is 1.71 bits per heavy atom. The predicted octanol–water partition coefficient (Wildman–Crippen LogP) is 0.639. The van der Waals surface area contributed by atoms with Crippen LogP contribution >= 0.6 is 11.8 Å². The minimum Gasteiger partial charge on any atom is -0.373 e. The number of rotatable bonds is 2. The largest absolute Gasteiger partial charge is 0.373 e. The van der Waals surface area contributed by atoms with Gasteiger partial charge < -0.3 is 4.74 Å². The number of nitriles is 1. The number of thioether (sulfide) groups is 1. The molecule has 2 rings (SSSR count). The number of hydrogen-bond donors (Lipinski definition) is 1. The lowest BCUT2D eigenvalue weighted by atomic mass is 10.2. The summed E-state index contributed by atoms with van der Waals surface area (Å²) in [4.78, 5) is 6.86. The Balaban J connectivity index is 1.81. The molecule has 94 valence electrons. The van der Waals surface area contributed by atoms with E-state index >= 15 is 0 Å². The van der Waals surface area contributed by atoms with Gasteiger partial charge in [0.05, 0.1) is 19.3 Å². The van der Waals surface area contributed by atoms with Crippen LogP contribution in [0.15, 0.2) is 4.99 Å². The van der Waals surface area contributed by atoms with Gasteiger partial charge in [0.2, 0.25) is 0 Å². The number of fused-ring (bicyclic) bond motifs is 1. The summed E-state index contributed by atoms with van der Waals surface area (Å²) in [5.74, 6) is 0. The highest BCUT2D eigenvalue weighted by Crippen LogP contribution is 2.22. The molecule has 0 bridgehead atoms. The first kappa shape index (κ1) is 12.7. The lowest BCUT2D eigenvalue weighted by Gasteiger charge is -2.34. The third-order valence-electron chi connectivity index (χ3n) is 3.26. The van der Waals surface area contributed by atoms with E-state index in [1.807, 2.05) is 12.4 Å². The standard InChI is InChI=1S/C11H18N4OS/c1-17-11(14-8-12)13-5-10-6-15-4-2-3-9(15)7-16-10/h9-10H,2-7H2,1H3,(H,13,14). The third-order valence-corrected chi connectivity index (χ3v) is 3.87. The fourth-order valence-corrected chi connectivity index (χ4v) is 2.74. The fourth-order valence-electron chi connectivity index (χ4n) is 2.38. The van der Waals surface area contributed by atoms with E-state index in [4.69, 9.17) is 10.00 Å². The molecule has 1 N–H and O–H groups in total. The van der Waals surface area contributed by atoms with Gasteiger partial charge in [0.15, 0.2) is 11.4 Å². The average Bonchev–Trinajstić information content (AvgIpc) is 2.81. The minimum atomic E-state index is 0.173. The summed E-state index contributed by atoms with van der Waals surface area (Å²) in [5, 5.41) is 11.8. The van der Waals surface area contributed by atoms with Crippen molar-refractivity contribution in [2.24, 2.45) is 4.99 Å². The molecule has 2 unspecified atom stereocenters. The predicted molar refractivity (Wildman–Crippen MR) is 68.9 cm³/mol. The average molecular weight is 254 g/mol. The van der Waals surface area contributed by atoms with Gasteiger partial charge in [-0.05, 0) is 25.6 Å². The summed E-state index contributed by atoms with van der Waals surface area (Å²) in [6, 6.07) is 0.632. The Bertz CT molecular complexity index is 328. The molecule has 2 saturated heterocycles. The van der Waals surface area contributed by atoms with Gasteiger partial charge in [-0.25, -0.2) is 0 Å². The molecule has 0 aromatic heterocycles. The lowest BCUT2D eigenvalue weighted by molar-refractivity contribution is -0.0431. The number of nitrogens with one attached hydrogen (secondary N) is 1. The highest BCUT2D eigenvalue weighted by atomic mass is 32.2. The highest BCUT2D eigenvalue weighted by molar-refractivity contribution is 8.13. The van der Waals surface area contributed by atoms with Crippen LogP contribution < -0.4 is 5.32 Å². The molecule has 2 aliphatic rings. The summed E-state index contributed by atoms with van der Waals surface area (Å²) in [5.41, 5.74) is 0. The van der Waals surface area contributed by atoms with Gasteiger partial charge >= 0.3 is 0 Å². The van der Waals surface area contributed by atoms with E-state index in [9.17, 15) is 0 Å². The first-order chi connectivity index (χ1) is 8.33. The third kappa shape index (κ3) is 3.35. The summed E-state index contributed by atoms with van der Waals surface area (Å²) >= 11 is 1.45. The number of hydrogen-bond acceptors (Lipinski definition) is 5. The number of amidine groups is 1. The summed E-state index contributed by atoms with van der Waals surface area (Å²) in [6.07, 6.45) is 6.52. The maximum Gasteiger partial charge on any atom is 0.183 e. The van der Waals surface area contributed by atoms with Crippen molar-refractivity contribution >= 4 is 16.9 Å². The molecule has 0 radical (unpaired) electrons. The molecular weight excluding hydrogens is 236 g/mol. The van der Waals surface area contributed by atoms with E-state index in [1.54, 1.807) is 0 Å². The molecule has 17 heavy (non-hydrogen) atoms. The zero-order valence-corrected chi connectivity index (χ0v) is 10.9. The van der Waals surface area contributed by atoms with E-state index in [0.29, 0.717) is 17.8 Å². The van der Waals surface area contributed by atoms with Crippen molar-refractivity contribution in [3.63, 3.8) is 0 Å². The second-order valence-corrected chi connectivity index (χ2v) is 5.13. The van der Waals surface area contributed by atoms with Gasteiger partial charge in [-0.1, -0.05) is 11.8 Å². The second kappa shape index (κ2) is 6.24. The molecule has 2 fully saturated rings. The molecule has 0 aromatic carbocycles. The normalized spacial score (nSPS) is 29.8. The van der Waals surface area contributed by atoms with Crippen LogP contribution in [0, 0.1) is 11.5 Å². The summed E-state index contributed by atoms with van der Waals surface area (Å²) in [7, 11) is 0. The molecule has 0 amide bonds. The highest BCUT2D eigenvalue weighted by Gasteiger charge is 2.31. The van der Waals surface area contributed by atoms with Crippen molar-refractivity contribution < 1.29 is 4.74 Å². The molecule has 2 heterocycles. The molecule has 5 nitrogen and oxygen atoms in total. The van der Waals surface area contributed by atoms with E-state index < -0.39 is 0 Å². The first-order valence-electron chi connectivity index (χ1n) is 5.92. The first-order valence-corrected chi connectivity index (χ1v) is 7.15. The van der Waals surface area contributed by atoms with E-state index in [-0.39, 0.29) is 6.10 Å². The number of aliphatic imine (C=N–C) groups is 1. The van der Waals surface area contributed by atoms with Gasteiger partial charge in [0, 0.05) is 12.6 Å². The quantitative estimate of drug-likeness (QED) is 0.339. The van der Waals surface area contributed by atoms with Crippen molar-refractivity contribution in [3.05, 3.63) is 0 Å². The Morgan fingerprint density at radius 3 is 3.35 bits per heavy atom. The Labute approximate surface area is 106 Å². The van der Waals surface area contributed by atoms with Gasteiger partial charge in [-0.15, -0.1) is 0 Å². The molecule has 0 spiro atoms. The van der Waals surface area contributed by atoms with Crippen molar-refractivity contribution in [1.82, 2.24) is 10.2 Å². The van der Waals surface area contributed by atoms with Gasteiger partial charge in [0.25, 0.3) is 0 Å². The molecule has 0 aliphatic carbocycles. The number of morpholine rings is 1. The van der Waals surface area contributed by atoms with E-state index in [2.05, 4.69) is 15.2 Å². The van der Waals surface area contributed by atoms with Crippen LogP contribution in [0.1, 0.15) is 12.8 Å². The van der Waals surface area contributed by atoms with Crippen molar-refractivity contribution in [3.8, 4) is 6.19 Å². The summed E-state index contributed by atoms with van der Waals surface area (Å²) in [6.45, 7) is 3.64. The maximum absolute atomic E-state index is 8.53. The van der Waals surface area contributed by atoms with Gasteiger partial charge in [0.1, 0.15) is 0 Å². The van der Waals surface area contributed by atoms with Gasteiger partial charge in [-0.2, -0.15) is 5.26 Å². The molecule has 0 aromatic rings. The molecule has 0 saturated carbocycles. The van der Waals surface area contributed by atoms with Crippen LogP contribution in [0.4, 0.5) is 0 Å². The SMILES string of the molecule is CSC(=NCC1CN2CCCC2CO1)NC#N. The number of nitrogens with zero attached hydrogens (tertiary/aromatic N) is 3. The van der Waals surface area contributed by atoms with E-state index in [0.717, 1.165) is 13.2 Å². The van der Waals surface area contributed by atoms with Crippen LogP contribution in [0.5, 0.6) is 0 Å². The second-order valence-electron chi connectivity index (χ2n) is 4.33. The van der Waals surface area contributed by atoms with Crippen molar-refractivity contribution in [1.29, 1.82) is 5.26 Å². The fraction of sp³-hybridized carbons (Fsp3) is 0.818. The smallest absolute Gasteiger partial charge is 0.183 e. The van der Waals surface area contributed by atoms with Crippen LogP contribution in [-0.2, 0) is 4.74 Å². The molecule has 2 aliphatic heterocycles. The van der Waals surface area contributed by atoms with Crippen LogP contribution in [0.25, 0.3) is 0 Å². The Kier molecular flexibility index (Phi) is 4.66.